The zero-order chi connectivity index (χ0) is 19.0. The third-order valence-corrected chi connectivity index (χ3v) is 5.47. The van der Waals surface area contributed by atoms with Gasteiger partial charge in [0.25, 0.3) is 5.91 Å². The van der Waals surface area contributed by atoms with Gasteiger partial charge in [0.1, 0.15) is 0 Å². The van der Waals surface area contributed by atoms with Gasteiger partial charge in [-0.1, -0.05) is 18.2 Å². The van der Waals surface area contributed by atoms with E-state index in [4.69, 9.17) is 0 Å². The minimum Gasteiger partial charge on any atom is -0.369 e. The zero-order valence-corrected chi connectivity index (χ0v) is 16.2. The maximum absolute atomic E-state index is 12.9. The maximum Gasteiger partial charge on any atom is 0.257 e. The molecule has 1 aliphatic heterocycles. The van der Waals surface area contributed by atoms with Crippen LogP contribution in [0, 0.1) is 6.92 Å². The number of rotatable bonds is 3. The van der Waals surface area contributed by atoms with E-state index in [1.54, 1.807) is 0 Å². The standard InChI is InChI=1S/C22H26N4O/c1-16-14-17(26-12-10-24(2)11-13-26)8-9-20(16)23-22(27)19-15-25(3)21-7-5-4-6-18(19)21/h4-9,14-15H,10-13H2,1-3H3,(H,23,27). The summed E-state index contributed by atoms with van der Waals surface area (Å²) in [5.41, 5.74) is 4.94. The Balaban J connectivity index is 1.54. The molecular formula is C22H26N4O. The van der Waals surface area contributed by atoms with Crippen LogP contribution in [0.2, 0.25) is 0 Å². The lowest BCUT2D eigenvalue weighted by Gasteiger charge is -2.34. The van der Waals surface area contributed by atoms with Gasteiger partial charge in [-0.25, -0.2) is 0 Å². The normalized spacial score (nSPS) is 15.3. The minimum absolute atomic E-state index is 0.0674. The van der Waals surface area contributed by atoms with Crippen molar-refractivity contribution in [2.24, 2.45) is 7.05 Å². The molecular weight excluding hydrogens is 336 g/mol. The molecule has 27 heavy (non-hydrogen) atoms. The second kappa shape index (κ2) is 7.08. The van der Waals surface area contributed by atoms with Gasteiger partial charge >= 0.3 is 0 Å². The molecule has 0 bridgehead atoms. The molecule has 2 heterocycles. The maximum atomic E-state index is 12.9. The van der Waals surface area contributed by atoms with Crippen LogP contribution in [0.15, 0.2) is 48.7 Å². The summed E-state index contributed by atoms with van der Waals surface area (Å²) in [5, 5.41) is 4.07. The van der Waals surface area contributed by atoms with E-state index in [9.17, 15) is 4.79 Å². The molecule has 0 atom stereocenters. The highest BCUT2D eigenvalue weighted by atomic mass is 16.1. The molecule has 1 N–H and O–H groups in total. The summed E-state index contributed by atoms with van der Waals surface area (Å²) in [4.78, 5) is 17.6. The van der Waals surface area contributed by atoms with Crippen LogP contribution < -0.4 is 10.2 Å². The first-order chi connectivity index (χ1) is 13.0. The van der Waals surface area contributed by atoms with Gasteiger partial charge in [-0.3, -0.25) is 4.79 Å². The Morgan fingerprint density at radius 1 is 1.00 bits per heavy atom. The highest BCUT2D eigenvalue weighted by molar-refractivity contribution is 6.13. The number of amides is 1. The number of carbonyl (C=O) groups is 1. The molecule has 140 valence electrons. The first-order valence-corrected chi connectivity index (χ1v) is 9.42. The molecule has 1 fully saturated rings. The molecule has 3 aromatic rings. The first-order valence-electron chi connectivity index (χ1n) is 9.42. The van der Waals surface area contributed by atoms with E-state index in [0.29, 0.717) is 5.56 Å². The number of piperazine rings is 1. The van der Waals surface area contributed by atoms with E-state index in [-0.39, 0.29) is 5.91 Å². The smallest absolute Gasteiger partial charge is 0.257 e. The number of carbonyl (C=O) groups excluding carboxylic acids is 1. The topological polar surface area (TPSA) is 40.5 Å². The number of fused-ring (bicyclic) bond motifs is 1. The SMILES string of the molecule is Cc1cc(N2CCN(C)CC2)ccc1NC(=O)c1cn(C)c2ccccc12. The summed E-state index contributed by atoms with van der Waals surface area (Å²) in [7, 11) is 4.13. The van der Waals surface area contributed by atoms with E-state index in [2.05, 4.69) is 41.2 Å². The number of para-hydroxylation sites is 1. The summed E-state index contributed by atoms with van der Waals surface area (Å²) in [5.74, 6) is -0.0674. The summed E-state index contributed by atoms with van der Waals surface area (Å²) < 4.78 is 1.99. The quantitative estimate of drug-likeness (QED) is 0.775. The zero-order valence-electron chi connectivity index (χ0n) is 16.2. The second-order valence-electron chi connectivity index (χ2n) is 7.41. The van der Waals surface area contributed by atoms with Crippen molar-refractivity contribution in [1.82, 2.24) is 9.47 Å². The average Bonchev–Trinajstić information content (AvgIpc) is 3.01. The van der Waals surface area contributed by atoms with Gasteiger partial charge in [-0.05, 0) is 43.8 Å². The molecule has 0 radical (unpaired) electrons. The number of nitrogens with zero attached hydrogens (tertiary/aromatic N) is 3. The highest BCUT2D eigenvalue weighted by Gasteiger charge is 2.17. The Kier molecular flexibility index (Phi) is 4.62. The highest BCUT2D eigenvalue weighted by Crippen LogP contribution is 2.26. The number of aromatic nitrogens is 1. The van der Waals surface area contributed by atoms with Crippen LogP contribution >= 0.6 is 0 Å². The van der Waals surface area contributed by atoms with Crippen LogP contribution in [-0.2, 0) is 7.05 Å². The molecule has 2 aromatic carbocycles. The third kappa shape index (κ3) is 3.43. The van der Waals surface area contributed by atoms with Crippen molar-refractivity contribution < 1.29 is 4.79 Å². The summed E-state index contributed by atoms with van der Waals surface area (Å²) in [6.07, 6.45) is 1.90. The molecule has 0 saturated carbocycles. The van der Waals surface area contributed by atoms with Crippen LogP contribution in [0.4, 0.5) is 11.4 Å². The Labute approximate surface area is 160 Å². The van der Waals surface area contributed by atoms with E-state index in [0.717, 1.165) is 48.3 Å². The predicted octanol–water partition coefficient (Wildman–Crippen LogP) is 3.49. The van der Waals surface area contributed by atoms with Gasteiger partial charge in [0.2, 0.25) is 0 Å². The van der Waals surface area contributed by atoms with Crippen molar-refractivity contribution in [2.45, 2.75) is 6.92 Å². The van der Waals surface area contributed by atoms with E-state index in [1.165, 1.54) is 5.69 Å². The van der Waals surface area contributed by atoms with Gasteiger partial charge in [0.05, 0.1) is 5.56 Å². The van der Waals surface area contributed by atoms with Gasteiger partial charge < -0.3 is 19.7 Å². The number of hydrogen-bond donors (Lipinski definition) is 1. The van der Waals surface area contributed by atoms with Crippen molar-refractivity contribution in [3.05, 3.63) is 59.8 Å². The fourth-order valence-electron chi connectivity index (χ4n) is 3.76. The van der Waals surface area contributed by atoms with E-state index in [1.807, 2.05) is 48.1 Å². The fraction of sp³-hybridized carbons (Fsp3) is 0.318. The van der Waals surface area contributed by atoms with Crippen molar-refractivity contribution in [3.8, 4) is 0 Å². The fourth-order valence-corrected chi connectivity index (χ4v) is 3.76. The molecule has 1 aliphatic rings. The lowest BCUT2D eigenvalue weighted by Crippen LogP contribution is -2.44. The van der Waals surface area contributed by atoms with Crippen LogP contribution in [-0.4, -0.2) is 48.6 Å². The molecule has 0 unspecified atom stereocenters. The third-order valence-electron chi connectivity index (χ3n) is 5.47. The summed E-state index contributed by atoms with van der Waals surface area (Å²) >= 11 is 0. The van der Waals surface area contributed by atoms with Gasteiger partial charge in [0, 0.05) is 61.7 Å². The van der Waals surface area contributed by atoms with Crippen LogP contribution in [0.25, 0.3) is 10.9 Å². The molecule has 5 nitrogen and oxygen atoms in total. The Morgan fingerprint density at radius 3 is 2.48 bits per heavy atom. The number of anilines is 2. The molecule has 4 rings (SSSR count). The average molecular weight is 362 g/mol. The van der Waals surface area contributed by atoms with Gasteiger partial charge in [-0.15, -0.1) is 0 Å². The largest absolute Gasteiger partial charge is 0.369 e. The van der Waals surface area contributed by atoms with E-state index < -0.39 is 0 Å². The lowest BCUT2D eigenvalue weighted by atomic mass is 10.1. The van der Waals surface area contributed by atoms with Crippen LogP contribution in [0.5, 0.6) is 0 Å². The van der Waals surface area contributed by atoms with Gasteiger partial charge in [0.15, 0.2) is 0 Å². The minimum atomic E-state index is -0.0674. The number of aryl methyl sites for hydroxylation is 2. The van der Waals surface area contributed by atoms with Crippen molar-refractivity contribution >= 4 is 28.2 Å². The molecule has 0 spiro atoms. The van der Waals surface area contributed by atoms with Crippen molar-refractivity contribution in [3.63, 3.8) is 0 Å². The molecule has 1 aromatic heterocycles. The van der Waals surface area contributed by atoms with Crippen molar-refractivity contribution in [1.29, 1.82) is 0 Å². The number of hydrogen-bond acceptors (Lipinski definition) is 3. The lowest BCUT2D eigenvalue weighted by molar-refractivity contribution is 0.102. The molecule has 1 amide bonds. The molecule has 0 aliphatic carbocycles. The van der Waals surface area contributed by atoms with Crippen LogP contribution in [0.3, 0.4) is 0 Å². The molecule has 1 saturated heterocycles. The van der Waals surface area contributed by atoms with E-state index >= 15 is 0 Å². The summed E-state index contributed by atoms with van der Waals surface area (Å²) in [6, 6.07) is 14.3. The number of nitrogens with one attached hydrogen (secondary N) is 1. The number of likely N-dealkylation sites (N-methyl/N-ethyl adjacent to an activating group) is 1. The van der Waals surface area contributed by atoms with Crippen LogP contribution in [0.1, 0.15) is 15.9 Å². The monoisotopic (exact) mass is 362 g/mol. The number of benzene rings is 2. The second-order valence-corrected chi connectivity index (χ2v) is 7.41. The Hall–Kier alpha value is -2.79. The molecule has 5 heteroatoms. The predicted molar refractivity (Wildman–Crippen MR) is 112 cm³/mol. The Morgan fingerprint density at radius 2 is 1.74 bits per heavy atom. The Bertz CT molecular complexity index is 983. The first kappa shape index (κ1) is 17.6. The van der Waals surface area contributed by atoms with Crippen molar-refractivity contribution in [2.75, 3.05) is 43.4 Å². The van der Waals surface area contributed by atoms with Gasteiger partial charge in [-0.2, -0.15) is 0 Å². The summed E-state index contributed by atoms with van der Waals surface area (Å²) in [6.45, 7) is 6.30.